The number of rotatable bonds is 3. The lowest BCUT2D eigenvalue weighted by Crippen LogP contribution is -2.44. The van der Waals surface area contributed by atoms with Gasteiger partial charge in [0.15, 0.2) is 0 Å². The lowest BCUT2D eigenvalue weighted by molar-refractivity contribution is -0.0237. The Kier molecular flexibility index (Phi) is 3.12. The fourth-order valence-electron chi connectivity index (χ4n) is 4.87. The highest BCUT2D eigenvalue weighted by molar-refractivity contribution is 5.19. The van der Waals surface area contributed by atoms with E-state index in [0.29, 0.717) is 5.41 Å². The van der Waals surface area contributed by atoms with Crippen molar-refractivity contribution in [2.75, 3.05) is 0 Å². The van der Waals surface area contributed by atoms with Crippen LogP contribution in [0.5, 0.6) is 0 Å². The van der Waals surface area contributed by atoms with Crippen molar-refractivity contribution in [3.8, 4) is 6.07 Å². The monoisotopic (exact) mass is 239 g/mol. The molecule has 4 fully saturated rings. The minimum absolute atomic E-state index is 0.526. The molecular weight excluding hydrogens is 218 g/mol. The highest BCUT2D eigenvalue weighted by Crippen LogP contribution is 2.60. The van der Waals surface area contributed by atoms with Crippen LogP contribution in [0.2, 0.25) is 0 Å². The molecule has 18 heavy (non-hydrogen) atoms. The summed E-state index contributed by atoms with van der Waals surface area (Å²) in [6.07, 6.45) is 20.8. The van der Waals surface area contributed by atoms with E-state index < -0.39 is 0 Å². The summed E-state index contributed by atoms with van der Waals surface area (Å²) in [5, 5.41) is 8.39. The topological polar surface area (TPSA) is 23.8 Å². The van der Waals surface area contributed by atoms with Crippen molar-refractivity contribution in [2.45, 2.75) is 38.5 Å². The Balaban J connectivity index is 1.65. The van der Waals surface area contributed by atoms with Gasteiger partial charge in [0, 0.05) is 6.08 Å². The summed E-state index contributed by atoms with van der Waals surface area (Å²) in [6.45, 7) is 0. The fourth-order valence-corrected chi connectivity index (χ4v) is 4.87. The van der Waals surface area contributed by atoms with Gasteiger partial charge in [0.1, 0.15) is 0 Å². The first-order chi connectivity index (χ1) is 8.80. The Morgan fingerprint density at radius 3 is 1.94 bits per heavy atom. The molecule has 1 heteroatoms. The van der Waals surface area contributed by atoms with Gasteiger partial charge >= 0.3 is 0 Å². The van der Waals surface area contributed by atoms with Gasteiger partial charge in [0.25, 0.3) is 0 Å². The molecule has 4 aliphatic carbocycles. The molecule has 0 aromatic rings. The summed E-state index contributed by atoms with van der Waals surface area (Å²) in [5.41, 5.74) is 0.526. The maximum absolute atomic E-state index is 8.39. The summed E-state index contributed by atoms with van der Waals surface area (Å²) >= 11 is 0. The number of nitrogens with zero attached hydrogens (tertiary/aromatic N) is 1. The summed E-state index contributed by atoms with van der Waals surface area (Å²) in [7, 11) is 0. The van der Waals surface area contributed by atoms with Gasteiger partial charge < -0.3 is 0 Å². The van der Waals surface area contributed by atoms with Crippen molar-refractivity contribution in [1.29, 1.82) is 5.26 Å². The standard InChI is InChI=1S/C17H21N/c18-7-5-3-1-2-4-6-17-11-14-8-15(12-17)10-16(9-14)13-17/h1-6,14-16H,8-13H2/b2-1-,5-3-,6-4-. The second-order valence-electron chi connectivity index (χ2n) is 6.51. The van der Waals surface area contributed by atoms with E-state index in [-0.39, 0.29) is 0 Å². The van der Waals surface area contributed by atoms with Crippen LogP contribution in [0.1, 0.15) is 38.5 Å². The Bertz CT molecular complexity index is 398. The van der Waals surface area contributed by atoms with Crippen LogP contribution in [0, 0.1) is 34.5 Å². The van der Waals surface area contributed by atoms with Crippen LogP contribution in [0.25, 0.3) is 0 Å². The summed E-state index contributed by atoms with van der Waals surface area (Å²) in [4.78, 5) is 0. The predicted molar refractivity (Wildman–Crippen MR) is 73.6 cm³/mol. The third-order valence-corrected chi connectivity index (χ3v) is 5.04. The van der Waals surface area contributed by atoms with Gasteiger partial charge in [-0.15, -0.1) is 0 Å². The molecule has 0 aromatic carbocycles. The number of hydrogen-bond acceptors (Lipinski definition) is 1. The maximum Gasteiger partial charge on any atom is 0.0912 e. The van der Waals surface area contributed by atoms with Crippen LogP contribution in [0.4, 0.5) is 0 Å². The fraction of sp³-hybridized carbons (Fsp3) is 0.588. The van der Waals surface area contributed by atoms with Gasteiger partial charge in [-0.1, -0.05) is 30.4 Å². The molecule has 0 N–H and O–H groups in total. The van der Waals surface area contributed by atoms with Gasteiger partial charge in [0.2, 0.25) is 0 Å². The van der Waals surface area contributed by atoms with Gasteiger partial charge in [0.05, 0.1) is 6.07 Å². The molecule has 0 heterocycles. The van der Waals surface area contributed by atoms with E-state index in [0.717, 1.165) is 17.8 Å². The molecule has 4 saturated carbocycles. The molecule has 1 nitrogen and oxygen atoms in total. The van der Waals surface area contributed by atoms with E-state index >= 15 is 0 Å². The average molecular weight is 239 g/mol. The zero-order valence-electron chi connectivity index (χ0n) is 10.9. The number of allylic oxidation sites excluding steroid dienone is 6. The Labute approximate surface area is 110 Å². The molecule has 0 amide bonds. The van der Waals surface area contributed by atoms with Crippen LogP contribution in [-0.4, -0.2) is 0 Å². The van der Waals surface area contributed by atoms with Gasteiger partial charge in [-0.25, -0.2) is 0 Å². The molecule has 0 atom stereocenters. The summed E-state index contributed by atoms with van der Waals surface area (Å²) < 4.78 is 0. The lowest BCUT2D eigenvalue weighted by atomic mass is 9.49. The van der Waals surface area contributed by atoms with Crippen molar-refractivity contribution < 1.29 is 0 Å². The largest absolute Gasteiger partial charge is 0.193 e. The molecule has 0 radical (unpaired) electrons. The van der Waals surface area contributed by atoms with E-state index in [2.05, 4.69) is 18.2 Å². The zero-order chi connectivity index (χ0) is 12.4. The van der Waals surface area contributed by atoms with Gasteiger partial charge in [-0.05, 0) is 61.7 Å². The molecule has 0 aromatic heterocycles. The maximum atomic E-state index is 8.39. The van der Waals surface area contributed by atoms with Gasteiger partial charge in [-0.3, -0.25) is 0 Å². The first-order valence-corrected chi connectivity index (χ1v) is 7.20. The zero-order valence-corrected chi connectivity index (χ0v) is 10.9. The highest BCUT2D eigenvalue weighted by atomic mass is 14.5. The minimum Gasteiger partial charge on any atom is -0.193 e. The lowest BCUT2D eigenvalue weighted by Gasteiger charge is -2.55. The SMILES string of the molecule is N#C\C=C/C=C\C=C/C12CC3CC(CC(C3)C1)C2. The van der Waals surface area contributed by atoms with Crippen LogP contribution in [0.15, 0.2) is 36.5 Å². The van der Waals surface area contributed by atoms with E-state index in [1.807, 2.05) is 12.1 Å². The average Bonchev–Trinajstić information content (AvgIpc) is 2.32. The molecule has 0 unspecified atom stereocenters. The van der Waals surface area contributed by atoms with Gasteiger partial charge in [-0.2, -0.15) is 5.26 Å². The summed E-state index contributed by atoms with van der Waals surface area (Å²) in [5.74, 6) is 3.05. The predicted octanol–water partition coefficient (Wildman–Crippen LogP) is 4.39. The second kappa shape index (κ2) is 4.76. The Morgan fingerprint density at radius 1 is 0.833 bits per heavy atom. The molecule has 4 aliphatic rings. The molecule has 0 saturated heterocycles. The summed E-state index contributed by atoms with van der Waals surface area (Å²) in [6, 6.07) is 2.00. The van der Waals surface area contributed by atoms with E-state index in [1.54, 1.807) is 6.08 Å². The molecule has 0 aliphatic heterocycles. The van der Waals surface area contributed by atoms with Crippen molar-refractivity contribution >= 4 is 0 Å². The number of hydrogen-bond donors (Lipinski definition) is 0. The quantitative estimate of drug-likeness (QED) is 0.529. The molecule has 0 spiro atoms. The Morgan fingerprint density at radius 2 is 1.39 bits per heavy atom. The van der Waals surface area contributed by atoms with E-state index in [4.69, 9.17) is 5.26 Å². The molecule has 4 rings (SSSR count). The van der Waals surface area contributed by atoms with Crippen LogP contribution >= 0.6 is 0 Å². The second-order valence-corrected chi connectivity index (χ2v) is 6.51. The third-order valence-electron chi connectivity index (χ3n) is 5.04. The van der Waals surface area contributed by atoms with Crippen molar-refractivity contribution in [2.24, 2.45) is 23.2 Å². The first-order valence-electron chi connectivity index (χ1n) is 7.20. The van der Waals surface area contributed by atoms with Crippen LogP contribution in [0.3, 0.4) is 0 Å². The van der Waals surface area contributed by atoms with E-state index in [1.165, 1.54) is 44.6 Å². The highest BCUT2D eigenvalue weighted by Gasteiger charge is 2.49. The van der Waals surface area contributed by atoms with E-state index in [9.17, 15) is 0 Å². The normalized spacial score (nSPS) is 42.3. The number of nitriles is 1. The van der Waals surface area contributed by atoms with Crippen LogP contribution < -0.4 is 0 Å². The van der Waals surface area contributed by atoms with Crippen molar-refractivity contribution in [1.82, 2.24) is 0 Å². The third kappa shape index (κ3) is 2.29. The molecular formula is C17H21N. The van der Waals surface area contributed by atoms with Crippen molar-refractivity contribution in [3.05, 3.63) is 36.5 Å². The Hall–Kier alpha value is -1.29. The van der Waals surface area contributed by atoms with Crippen LogP contribution in [-0.2, 0) is 0 Å². The minimum atomic E-state index is 0.526. The first kappa shape index (κ1) is 11.8. The molecule has 94 valence electrons. The smallest absolute Gasteiger partial charge is 0.0912 e. The molecule has 4 bridgehead atoms. The van der Waals surface area contributed by atoms with Crippen molar-refractivity contribution in [3.63, 3.8) is 0 Å².